The lowest BCUT2D eigenvalue weighted by Gasteiger charge is -2.39. The maximum Gasteiger partial charge on any atom is 0.254 e. The van der Waals surface area contributed by atoms with E-state index in [9.17, 15) is 4.79 Å². The number of hydrogen-bond acceptors (Lipinski definition) is 3. The zero-order chi connectivity index (χ0) is 14.9. The molecule has 0 unspecified atom stereocenters. The van der Waals surface area contributed by atoms with Crippen molar-refractivity contribution in [2.45, 2.75) is 45.4 Å². The van der Waals surface area contributed by atoms with Crippen molar-refractivity contribution < 1.29 is 4.79 Å². The Hall–Kier alpha value is -1.58. The molecule has 1 aromatic heterocycles. The first-order chi connectivity index (χ1) is 10.1. The van der Waals surface area contributed by atoms with Crippen molar-refractivity contribution in [3.8, 4) is 0 Å². The Bertz CT molecular complexity index is 525. The number of hydrogen-bond donors (Lipinski definition) is 1. The van der Waals surface area contributed by atoms with Gasteiger partial charge in [0.05, 0.1) is 0 Å². The molecule has 0 radical (unpaired) electrons. The van der Waals surface area contributed by atoms with Crippen molar-refractivity contribution in [3.05, 3.63) is 23.4 Å². The van der Waals surface area contributed by atoms with Crippen molar-refractivity contribution in [3.63, 3.8) is 0 Å². The van der Waals surface area contributed by atoms with Gasteiger partial charge in [0.1, 0.15) is 5.82 Å². The third-order valence-corrected chi connectivity index (χ3v) is 5.23. The summed E-state index contributed by atoms with van der Waals surface area (Å²) in [6.07, 6.45) is 7.86. The maximum atomic E-state index is 12.7. The molecular formula is C17H25N3O. The average molecular weight is 287 g/mol. The fourth-order valence-corrected chi connectivity index (χ4v) is 3.91. The van der Waals surface area contributed by atoms with E-state index in [4.69, 9.17) is 0 Å². The van der Waals surface area contributed by atoms with Gasteiger partial charge in [-0.2, -0.15) is 0 Å². The zero-order valence-corrected chi connectivity index (χ0v) is 13.1. The lowest BCUT2D eigenvalue weighted by Crippen LogP contribution is -2.42. The Balaban J connectivity index is 1.70. The second kappa shape index (κ2) is 5.66. The van der Waals surface area contributed by atoms with Crippen LogP contribution in [0.2, 0.25) is 0 Å². The number of carbonyl (C=O) groups excluding carboxylic acids is 1. The lowest BCUT2D eigenvalue weighted by atomic mass is 9.77. The van der Waals surface area contributed by atoms with Gasteiger partial charge in [0.15, 0.2) is 0 Å². The number of aryl methyl sites for hydroxylation is 1. The second-order valence-corrected chi connectivity index (χ2v) is 6.63. The molecule has 4 nitrogen and oxygen atoms in total. The normalized spacial score (nSPS) is 20.8. The minimum atomic E-state index is 0.157. The van der Waals surface area contributed by atoms with Gasteiger partial charge in [-0.05, 0) is 50.2 Å². The van der Waals surface area contributed by atoms with Crippen LogP contribution in [0.25, 0.3) is 0 Å². The van der Waals surface area contributed by atoms with E-state index in [-0.39, 0.29) is 5.91 Å². The molecule has 4 heteroatoms. The maximum absolute atomic E-state index is 12.7. The Morgan fingerprint density at radius 1 is 1.19 bits per heavy atom. The van der Waals surface area contributed by atoms with Gasteiger partial charge < -0.3 is 10.2 Å². The minimum Gasteiger partial charge on any atom is -0.373 e. The Kier molecular flexibility index (Phi) is 3.87. The van der Waals surface area contributed by atoms with E-state index in [2.05, 4.69) is 10.3 Å². The summed E-state index contributed by atoms with van der Waals surface area (Å²) >= 11 is 0. The molecule has 1 aliphatic carbocycles. The van der Waals surface area contributed by atoms with Crippen LogP contribution >= 0.6 is 0 Å². The van der Waals surface area contributed by atoms with Crippen LogP contribution in [0.5, 0.6) is 0 Å². The van der Waals surface area contributed by atoms with Crippen LogP contribution in [0.4, 0.5) is 5.82 Å². The zero-order valence-electron chi connectivity index (χ0n) is 13.1. The number of likely N-dealkylation sites (tertiary alicyclic amines) is 1. The van der Waals surface area contributed by atoms with E-state index in [1.807, 2.05) is 31.0 Å². The van der Waals surface area contributed by atoms with E-state index >= 15 is 0 Å². The summed E-state index contributed by atoms with van der Waals surface area (Å²) in [7, 11) is 1.83. The molecule has 1 amide bonds. The van der Waals surface area contributed by atoms with E-state index in [0.29, 0.717) is 5.41 Å². The molecular weight excluding hydrogens is 262 g/mol. The van der Waals surface area contributed by atoms with Crippen molar-refractivity contribution >= 4 is 11.7 Å². The van der Waals surface area contributed by atoms with Crippen molar-refractivity contribution in [1.82, 2.24) is 9.88 Å². The molecule has 2 heterocycles. The molecule has 1 saturated carbocycles. The van der Waals surface area contributed by atoms with Crippen LogP contribution in [0.15, 0.2) is 12.1 Å². The molecule has 1 spiro atoms. The number of rotatable bonds is 2. The third-order valence-electron chi connectivity index (χ3n) is 5.23. The standard InChI is InChI=1S/C17H25N3O/c1-13-11-14(12-15(18-2)19-13)16(21)20-9-7-17(8-10-20)5-3-4-6-17/h11-12H,3-10H2,1-2H3,(H,18,19). The summed E-state index contributed by atoms with van der Waals surface area (Å²) in [4.78, 5) is 19.1. The molecule has 2 aliphatic rings. The highest BCUT2D eigenvalue weighted by molar-refractivity contribution is 5.95. The summed E-state index contributed by atoms with van der Waals surface area (Å²) in [6, 6.07) is 3.75. The van der Waals surface area contributed by atoms with Gasteiger partial charge in [-0.25, -0.2) is 4.98 Å². The van der Waals surface area contributed by atoms with Gasteiger partial charge in [0, 0.05) is 31.4 Å². The molecule has 0 atom stereocenters. The van der Waals surface area contributed by atoms with Crippen molar-refractivity contribution in [2.24, 2.45) is 5.41 Å². The van der Waals surface area contributed by atoms with E-state index in [1.165, 1.54) is 38.5 Å². The SMILES string of the molecule is CNc1cc(C(=O)N2CCC3(CCCC3)CC2)cc(C)n1. The summed E-state index contributed by atoms with van der Waals surface area (Å²) in [6.45, 7) is 3.76. The number of nitrogens with one attached hydrogen (secondary N) is 1. The second-order valence-electron chi connectivity index (χ2n) is 6.63. The molecule has 3 rings (SSSR count). The van der Waals surface area contributed by atoms with Gasteiger partial charge in [-0.1, -0.05) is 12.8 Å². The van der Waals surface area contributed by atoms with Crippen LogP contribution < -0.4 is 5.32 Å². The fourth-order valence-electron chi connectivity index (χ4n) is 3.91. The summed E-state index contributed by atoms with van der Waals surface area (Å²) < 4.78 is 0. The monoisotopic (exact) mass is 287 g/mol. The average Bonchev–Trinajstić information content (AvgIpc) is 2.95. The smallest absolute Gasteiger partial charge is 0.254 e. The van der Waals surface area contributed by atoms with Crippen LogP contribution in [0.1, 0.15) is 54.6 Å². The van der Waals surface area contributed by atoms with Gasteiger partial charge in [-0.15, -0.1) is 0 Å². The van der Waals surface area contributed by atoms with Crippen molar-refractivity contribution in [2.75, 3.05) is 25.5 Å². The number of nitrogens with zero attached hydrogens (tertiary/aromatic N) is 2. The topological polar surface area (TPSA) is 45.2 Å². The highest BCUT2D eigenvalue weighted by Gasteiger charge is 2.38. The highest BCUT2D eigenvalue weighted by Crippen LogP contribution is 2.46. The number of aromatic nitrogens is 1. The van der Waals surface area contributed by atoms with Crippen LogP contribution in [-0.4, -0.2) is 35.9 Å². The van der Waals surface area contributed by atoms with Crippen molar-refractivity contribution in [1.29, 1.82) is 0 Å². The quantitative estimate of drug-likeness (QED) is 0.908. The molecule has 1 aliphatic heterocycles. The van der Waals surface area contributed by atoms with E-state index in [1.54, 1.807) is 0 Å². The van der Waals surface area contributed by atoms with Crippen LogP contribution in [-0.2, 0) is 0 Å². The predicted octanol–water partition coefficient (Wildman–Crippen LogP) is 3.23. The Labute approximate surface area is 126 Å². The molecule has 1 saturated heterocycles. The number of anilines is 1. The first kappa shape index (κ1) is 14.4. The van der Waals surface area contributed by atoms with Gasteiger partial charge in [0.25, 0.3) is 5.91 Å². The van der Waals surface area contributed by atoms with E-state index in [0.717, 1.165) is 30.2 Å². The van der Waals surface area contributed by atoms with Gasteiger partial charge in [0.2, 0.25) is 0 Å². The molecule has 2 fully saturated rings. The fraction of sp³-hybridized carbons (Fsp3) is 0.647. The first-order valence-electron chi connectivity index (χ1n) is 8.08. The minimum absolute atomic E-state index is 0.157. The number of amides is 1. The summed E-state index contributed by atoms with van der Waals surface area (Å²) in [5.74, 6) is 0.924. The number of pyridine rings is 1. The molecule has 1 N–H and O–H groups in total. The largest absolute Gasteiger partial charge is 0.373 e. The molecule has 114 valence electrons. The Morgan fingerprint density at radius 2 is 1.86 bits per heavy atom. The van der Waals surface area contributed by atoms with Gasteiger partial charge in [-0.3, -0.25) is 4.79 Å². The molecule has 0 bridgehead atoms. The summed E-state index contributed by atoms with van der Waals surface area (Å²) in [5, 5.41) is 3.02. The number of carbonyl (C=O) groups is 1. The third kappa shape index (κ3) is 2.89. The van der Waals surface area contributed by atoms with Crippen LogP contribution in [0, 0.1) is 12.3 Å². The first-order valence-corrected chi connectivity index (χ1v) is 8.08. The number of piperidine rings is 1. The van der Waals surface area contributed by atoms with E-state index < -0.39 is 0 Å². The predicted molar refractivity (Wildman–Crippen MR) is 84.6 cm³/mol. The molecule has 0 aromatic carbocycles. The molecule has 1 aromatic rings. The van der Waals surface area contributed by atoms with Gasteiger partial charge >= 0.3 is 0 Å². The highest BCUT2D eigenvalue weighted by atomic mass is 16.2. The Morgan fingerprint density at radius 3 is 2.48 bits per heavy atom. The summed E-state index contributed by atoms with van der Waals surface area (Å²) in [5.41, 5.74) is 2.20. The lowest BCUT2D eigenvalue weighted by molar-refractivity contribution is 0.0587. The molecule has 21 heavy (non-hydrogen) atoms. The van der Waals surface area contributed by atoms with Crippen LogP contribution in [0.3, 0.4) is 0 Å².